The molecule has 3 N–H and O–H groups in total. The molecule has 0 fully saturated rings. The van der Waals surface area contributed by atoms with Gasteiger partial charge in [-0.2, -0.15) is 18.3 Å². The first kappa shape index (κ1) is 28.2. The topological polar surface area (TPSA) is 138 Å². The average molecular weight is 559 g/mol. The predicted molar refractivity (Wildman–Crippen MR) is 139 cm³/mol. The van der Waals surface area contributed by atoms with Crippen molar-refractivity contribution in [1.29, 1.82) is 0 Å². The number of para-hydroxylation sites is 1. The van der Waals surface area contributed by atoms with Gasteiger partial charge in [0.25, 0.3) is 0 Å². The molecule has 1 atom stereocenters. The predicted octanol–water partition coefficient (Wildman–Crippen LogP) is 4.86. The molecule has 0 spiro atoms. The fourth-order valence-corrected chi connectivity index (χ4v) is 4.45. The van der Waals surface area contributed by atoms with E-state index >= 15 is 0 Å². The van der Waals surface area contributed by atoms with Gasteiger partial charge in [-0.1, -0.05) is 18.2 Å². The monoisotopic (exact) mass is 558 g/mol. The molecule has 3 heterocycles. The fraction of sp³-hybridized carbons (Fsp3) is 0.259. The molecule has 0 amide bonds. The van der Waals surface area contributed by atoms with Crippen molar-refractivity contribution in [2.45, 2.75) is 39.2 Å². The summed E-state index contributed by atoms with van der Waals surface area (Å²) < 4.78 is 39.9. The van der Waals surface area contributed by atoms with E-state index in [0.29, 0.717) is 35.6 Å². The number of aromatic carboxylic acids is 1. The van der Waals surface area contributed by atoms with E-state index in [4.69, 9.17) is 14.3 Å². The molecule has 1 aliphatic rings. The van der Waals surface area contributed by atoms with Crippen molar-refractivity contribution in [1.82, 2.24) is 9.78 Å². The maximum absolute atomic E-state index is 13.1. The highest BCUT2D eigenvalue weighted by molar-refractivity contribution is 5.94. The Hall–Kier alpha value is -4.81. The zero-order valence-electron chi connectivity index (χ0n) is 21.6. The number of aromatic nitrogens is 2. The maximum Gasteiger partial charge on any atom is 0.490 e. The van der Waals surface area contributed by atoms with Crippen LogP contribution in [-0.2, 0) is 24.9 Å². The second-order valence-electron chi connectivity index (χ2n) is 9.30. The molecule has 0 radical (unpaired) electrons. The van der Waals surface area contributed by atoms with Crippen LogP contribution in [0.5, 0.6) is 0 Å². The van der Waals surface area contributed by atoms with Gasteiger partial charge in [0.1, 0.15) is 5.58 Å². The summed E-state index contributed by atoms with van der Waals surface area (Å²) in [6, 6.07) is 11.8. The number of hydrogen-bond acceptors (Lipinski definition) is 7. The number of aryl methyl sites for hydroxylation is 2. The van der Waals surface area contributed by atoms with Crippen LogP contribution < -0.4 is 15.6 Å². The Morgan fingerprint density at radius 2 is 1.80 bits per heavy atom. The minimum Gasteiger partial charge on any atom is -0.478 e. The Bertz CT molecular complexity index is 1660. The van der Waals surface area contributed by atoms with Gasteiger partial charge < -0.3 is 24.8 Å². The molecule has 1 unspecified atom stereocenters. The third kappa shape index (κ3) is 5.77. The number of halogens is 3. The molecule has 0 saturated heterocycles. The highest BCUT2D eigenvalue weighted by Crippen LogP contribution is 2.33. The molecule has 40 heavy (non-hydrogen) atoms. The standard InChI is InChI=1S/C25H24N4O4.C2HF3O2/c1-14-8-18(15(2)27-20-7-5-4-6-17(20)25(31)32)24-19(9-14)22(30)10-23(33-24)29-12-16-11-26-28(3)21(16)13-29;3-2(4,5)1(6)7/h4-11,15,27H,12-13H2,1-3H3,(H,31,32);(H,6,7). The number of nitrogens with one attached hydrogen (secondary N) is 1. The second kappa shape index (κ2) is 10.8. The summed E-state index contributed by atoms with van der Waals surface area (Å²) in [5.41, 5.74) is 5.03. The first-order valence-electron chi connectivity index (χ1n) is 12.0. The third-order valence-electron chi connectivity index (χ3n) is 6.39. The molecule has 2 aromatic heterocycles. The van der Waals surface area contributed by atoms with Crippen LogP contribution in [0.2, 0.25) is 0 Å². The average Bonchev–Trinajstić information content (AvgIpc) is 3.46. The van der Waals surface area contributed by atoms with Crippen LogP contribution in [-0.4, -0.2) is 38.1 Å². The molecule has 0 saturated carbocycles. The van der Waals surface area contributed by atoms with Crippen LogP contribution in [0.3, 0.4) is 0 Å². The number of aliphatic carboxylic acids is 1. The molecular weight excluding hydrogens is 533 g/mol. The molecular formula is C27H25F3N4O6. The number of hydrogen-bond donors (Lipinski definition) is 3. The zero-order chi connectivity index (χ0) is 29.4. The minimum absolute atomic E-state index is 0.108. The van der Waals surface area contributed by atoms with Crippen LogP contribution in [0, 0.1) is 6.92 Å². The van der Waals surface area contributed by atoms with E-state index in [2.05, 4.69) is 10.4 Å². The summed E-state index contributed by atoms with van der Waals surface area (Å²) in [6.07, 6.45) is -3.24. The van der Waals surface area contributed by atoms with Crippen LogP contribution in [0.4, 0.5) is 24.7 Å². The Morgan fingerprint density at radius 3 is 2.42 bits per heavy atom. The van der Waals surface area contributed by atoms with Crippen molar-refractivity contribution >= 4 is 34.5 Å². The smallest absolute Gasteiger partial charge is 0.478 e. The van der Waals surface area contributed by atoms with Crippen molar-refractivity contribution in [3.63, 3.8) is 0 Å². The number of carbonyl (C=O) groups is 2. The summed E-state index contributed by atoms with van der Waals surface area (Å²) in [5, 5.41) is 24.7. The van der Waals surface area contributed by atoms with Crippen molar-refractivity contribution in [3.05, 3.63) is 86.8 Å². The van der Waals surface area contributed by atoms with Gasteiger partial charge in [0.15, 0.2) is 5.43 Å². The van der Waals surface area contributed by atoms with E-state index in [9.17, 15) is 27.9 Å². The summed E-state index contributed by atoms with van der Waals surface area (Å²) >= 11 is 0. The van der Waals surface area contributed by atoms with Crippen molar-refractivity contribution in [3.8, 4) is 0 Å². The Morgan fingerprint density at radius 1 is 1.12 bits per heavy atom. The lowest BCUT2D eigenvalue weighted by Crippen LogP contribution is -2.21. The minimum atomic E-state index is -5.08. The van der Waals surface area contributed by atoms with E-state index in [-0.39, 0.29) is 17.0 Å². The van der Waals surface area contributed by atoms with Crippen LogP contribution in [0.1, 0.15) is 45.7 Å². The summed E-state index contributed by atoms with van der Waals surface area (Å²) in [4.78, 5) is 35.6. The van der Waals surface area contributed by atoms with E-state index in [0.717, 1.165) is 22.4 Å². The molecule has 13 heteroatoms. The molecule has 5 rings (SSSR count). The van der Waals surface area contributed by atoms with Gasteiger partial charge in [-0.3, -0.25) is 9.48 Å². The third-order valence-corrected chi connectivity index (χ3v) is 6.39. The SMILES string of the molecule is Cc1cc(C(C)Nc2ccccc2C(=O)O)c2oc(N3Cc4cnn(C)c4C3)cc(=O)c2c1.O=C(O)C(F)(F)F. The van der Waals surface area contributed by atoms with Crippen LogP contribution in [0.25, 0.3) is 11.0 Å². The number of benzene rings is 2. The van der Waals surface area contributed by atoms with Crippen LogP contribution >= 0.6 is 0 Å². The van der Waals surface area contributed by atoms with Gasteiger partial charge in [-0.25, -0.2) is 9.59 Å². The molecule has 0 aliphatic carbocycles. The van der Waals surface area contributed by atoms with Gasteiger partial charge in [0.2, 0.25) is 5.88 Å². The molecule has 2 aromatic carbocycles. The van der Waals surface area contributed by atoms with Gasteiger partial charge in [-0.15, -0.1) is 0 Å². The van der Waals surface area contributed by atoms with Gasteiger partial charge in [0, 0.05) is 36.5 Å². The van der Waals surface area contributed by atoms with Gasteiger partial charge in [-0.05, 0) is 37.6 Å². The second-order valence-corrected chi connectivity index (χ2v) is 9.30. The lowest BCUT2D eigenvalue weighted by Gasteiger charge is -2.21. The van der Waals surface area contributed by atoms with E-state index < -0.39 is 18.1 Å². The fourth-order valence-electron chi connectivity index (χ4n) is 4.45. The number of carboxylic acid groups (broad SMARTS) is 2. The first-order valence-corrected chi connectivity index (χ1v) is 12.0. The highest BCUT2D eigenvalue weighted by atomic mass is 19.4. The quantitative estimate of drug-likeness (QED) is 0.314. The molecule has 210 valence electrons. The Kier molecular flexibility index (Phi) is 7.58. The van der Waals surface area contributed by atoms with E-state index in [1.54, 1.807) is 30.3 Å². The highest BCUT2D eigenvalue weighted by Gasteiger charge is 2.38. The molecule has 10 nitrogen and oxygen atoms in total. The number of rotatable bonds is 5. The summed E-state index contributed by atoms with van der Waals surface area (Å²) in [6.45, 7) is 5.09. The maximum atomic E-state index is 13.1. The van der Waals surface area contributed by atoms with Crippen molar-refractivity contribution in [2.24, 2.45) is 7.05 Å². The Labute approximate surface area is 225 Å². The zero-order valence-corrected chi connectivity index (χ0v) is 21.6. The molecule has 4 aromatic rings. The van der Waals surface area contributed by atoms with Crippen molar-refractivity contribution < 1.29 is 37.4 Å². The number of fused-ring (bicyclic) bond motifs is 2. The lowest BCUT2D eigenvalue weighted by atomic mass is 10.0. The van der Waals surface area contributed by atoms with Gasteiger partial charge in [0.05, 0.1) is 35.4 Å². The number of alkyl halides is 3. The number of carboxylic acids is 2. The lowest BCUT2D eigenvalue weighted by molar-refractivity contribution is -0.192. The number of anilines is 2. The van der Waals surface area contributed by atoms with E-state index in [1.807, 2.05) is 48.8 Å². The summed E-state index contributed by atoms with van der Waals surface area (Å²) in [7, 11) is 1.90. The summed E-state index contributed by atoms with van der Waals surface area (Å²) in [5.74, 6) is -3.25. The molecule has 1 aliphatic heterocycles. The number of nitrogens with zero attached hydrogens (tertiary/aromatic N) is 3. The first-order chi connectivity index (χ1) is 18.8. The largest absolute Gasteiger partial charge is 0.490 e. The normalized spacial score (nSPS) is 13.4. The Balaban J connectivity index is 0.000000470. The van der Waals surface area contributed by atoms with Gasteiger partial charge >= 0.3 is 18.1 Å². The van der Waals surface area contributed by atoms with Crippen LogP contribution in [0.15, 0.2) is 57.9 Å². The van der Waals surface area contributed by atoms with Crippen molar-refractivity contribution in [2.75, 3.05) is 10.2 Å². The van der Waals surface area contributed by atoms with E-state index in [1.165, 1.54) is 0 Å². The molecule has 0 bridgehead atoms.